The molecule has 9 heteroatoms. The number of aromatic nitrogens is 2. The summed E-state index contributed by atoms with van der Waals surface area (Å²) in [7, 11) is 1.48. The van der Waals surface area contributed by atoms with E-state index in [4.69, 9.17) is 21.1 Å². The average Bonchev–Trinajstić information content (AvgIpc) is 2.66. The molecular formula is C19H14ClF3N2O2S. The normalized spacial score (nSPS) is 11.3. The summed E-state index contributed by atoms with van der Waals surface area (Å²) in [6.45, 7) is 0. The van der Waals surface area contributed by atoms with Gasteiger partial charge in [-0.3, -0.25) is 0 Å². The summed E-state index contributed by atoms with van der Waals surface area (Å²) in [5.41, 5.74) is -0.234. The van der Waals surface area contributed by atoms with Gasteiger partial charge in [0.15, 0.2) is 10.9 Å². The van der Waals surface area contributed by atoms with Crippen molar-refractivity contribution in [1.29, 1.82) is 0 Å². The van der Waals surface area contributed by atoms with Crippen LogP contribution in [0.4, 0.5) is 13.2 Å². The number of thioether (sulfide) groups is 1. The molecule has 0 spiro atoms. The van der Waals surface area contributed by atoms with Crippen LogP contribution in [0.3, 0.4) is 0 Å². The molecule has 0 atom stereocenters. The highest BCUT2D eigenvalue weighted by molar-refractivity contribution is 7.98. The lowest BCUT2D eigenvalue weighted by molar-refractivity contribution is -0.141. The van der Waals surface area contributed by atoms with Crippen LogP contribution in [0.2, 0.25) is 5.02 Å². The predicted octanol–water partition coefficient (Wildman–Crippen LogP) is 6.24. The van der Waals surface area contributed by atoms with E-state index in [9.17, 15) is 13.2 Å². The summed E-state index contributed by atoms with van der Waals surface area (Å²) in [6, 6.07) is 14.3. The van der Waals surface area contributed by atoms with Crippen molar-refractivity contribution < 1.29 is 22.6 Å². The minimum absolute atomic E-state index is 0.0484. The Bertz CT molecular complexity index is 970. The van der Waals surface area contributed by atoms with Crippen LogP contribution in [0.25, 0.3) is 0 Å². The van der Waals surface area contributed by atoms with Crippen LogP contribution in [0.15, 0.2) is 59.8 Å². The molecule has 0 unspecified atom stereocenters. The van der Waals surface area contributed by atoms with Crippen molar-refractivity contribution in [3.8, 4) is 17.4 Å². The Hall–Kier alpha value is -2.45. The summed E-state index contributed by atoms with van der Waals surface area (Å²) >= 11 is 6.99. The second-order valence-corrected chi connectivity index (χ2v) is 6.95. The van der Waals surface area contributed by atoms with E-state index in [1.54, 1.807) is 42.5 Å². The first kappa shape index (κ1) is 20.3. The van der Waals surface area contributed by atoms with Crippen LogP contribution < -0.4 is 9.47 Å². The van der Waals surface area contributed by atoms with Gasteiger partial charge in [0, 0.05) is 22.9 Å². The molecule has 0 radical (unpaired) electrons. The smallest absolute Gasteiger partial charge is 0.433 e. The monoisotopic (exact) mass is 426 g/mol. The second-order valence-electron chi connectivity index (χ2n) is 5.57. The molecule has 0 N–H and O–H groups in total. The first-order chi connectivity index (χ1) is 13.3. The number of rotatable bonds is 6. The van der Waals surface area contributed by atoms with E-state index in [0.29, 0.717) is 22.3 Å². The van der Waals surface area contributed by atoms with E-state index in [0.717, 1.165) is 23.4 Å². The molecule has 28 heavy (non-hydrogen) atoms. The zero-order valence-corrected chi connectivity index (χ0v) is 16.1. The number of halogens is 4. The fourth-order valence-corrected chi connectivity index (χ4v) is 3.23. The third-order valence-corrected chi connectivity index (χ3v) is 4.65. The van der Waals surface area contributed by atoms with E-state index in [-0.39, 0.29) is 11.0 Å². The highest BCUT2D eigenvalue weighted by Crippen LogP contribution is 2.33. The van der Waals surface area contributed by atoms with E-state index in [1.807, 2.05) is 6.07 Å². The maximum absolute atomic E-state index is 13.2. The van der Waals surface area contributed by atoms with Crippen LogP contribution in [0.1, 0.15) is 11.3 Å². The second kappa shape index (κ2) is 8.70. The molecule has 0 bridgehead atoms. The van der Waals surface area contributed by atoms with Crippen LogP contribution >= 0.6 is 23.4 Å². The fraction of sp³-hybridized carbons (Fsp3) is 0.158. The molecule has 3 rings (SSSR count). The van der Waals surface area contributed by atoms with Crippen molar-refractivity contribution in [3.05, 3.63) is 70.9 Å². The van der Waals surface area contributed by atoms with Crippen molar-refractivity contribution in [2.75, 3.05) is 7.11 Å². The van der Waals surface area contributed by atoms with Gasteiger partial charge in [-0.25, -0.2) is 4.98 Å². The molecule has 0 aliphatic heterocycles. The van der Waals surface area contributed by atoms with Crippen molar-refractivity contribution in [2.24, 2.45) is 0 Å². The largest absolute Gasteiger partial charge is 0.497 e. The van der Waals surface area contributed by atoms with Gasteiger partial charge in [-0.15, -0.1) is 0 Å². The Morgan fingerprint density at radius 3 is 2.46 bits per heavy atom. The molecule has 1 aromatic heterocycles. The minimum atomic E-state index is -4.62. The molecule has 0 fully saturated rings. The van der Waals surface area contributed by atoms with Gasteiger partial charge < -0.3 is 9.47 Å². The third-order valence-electron chi connectivity index (χ3n) is 3.49. The van der Waals surface area contributed by atoms with Crippen molar-refractivity contribution in [2.45, 2.75) is 17.1 Å². The number of hydrogen-bond acceptors (Lipinski definition) is 5. The summed E-state index contributed by atoms with van der Waals surface area (Å²) in [4.78, 5) is 7.70. The lowest BCUT2D eigenvalue weighted by Gasteiger charge is -2.11. The highest BCUT2D eigenvalue weighted by Gasteiger charge is 2.34. The van der Waals surface area contributed by atoms with Crippen molar-refractivity contribution >= 4 is 23.4 Å². The molecule has 0 saturated carbocycles. The molecule has 0 aliphatic carbocycles. The summed E-state index contributed by atoms with van der Waals surface area (Å²) in [6.07, 6.45) is -4.62. The van der Waals surface area contributed by atoms with E-state index < -0.39 is 11.9 Å². The number of hydrogen-bond donors (Lipinski definition) is 0. The molecule has 1 heterocycles. The zero-order valence-electron chi connectivity index (χ0n) is 14.5. The van der Waals surface area contributed by atoms with E-state index in [2.05, 4.69) is 9.97 Å². The van der Waals surface area contributed by atoms with E-state index in [1.165, 1.54) is 7.11 Å². The topological polar surface area (TPSA) is 44.2 Å². The number of alkyl halides is 3. The average molecular weight is 427 g/mol. The fourth-order valence-electron chi connectivity index (χ4n) is 2.23. The summed E-state index contributed by atoms with van der Waals surface area (Å²) in [5, 5.41) is 0.498. The van der Waals surface area contributed by atoms with Crippen molar-refractivity contribution in [3.63, 3.8) is 0 Å². The molecule has 2 aromatic carbocycles. The van der Waals surface area contributed by atoms with Gasteiger partial charge in [0.05, 0.1) is 7.11 Å². The van der Waals surface area contributed by atoms with Gasteiger partial charge in [-0.05, 0) is 29.8 Å². The highest BCUT2D eigenvalue weighted by atomic mass is 35.5. The number of methoxy groups -OCH3 is 1. The lowest BCUT2D eigenvalue weighted by atomic mass is 10.2. The van der Waals surface area contributed by atoms with Gasteiger partial charge in [0.2, 0.25) is 5.88 Å². The Balaban J connectivity index is 1.86. The Labute approximate surface area is 168 Å². The molecule has 0 saturated heterocycles. The van der Waals surface area contributed by atoms with Gasteiger partial charge >= 0.3 is 6.18 Å². The van der Waals surface area contributed by atoms with Gasteiger partial charge in [-0.1, -0.05) is 41.6 Å². The molecule has 0 amide bonds. The number of nitrogens with zero attached hydrogens (tertiary/aromatic N) is 2. The molecule has 0 aliphatic rings. The third kappa shape index (κ3) is 5.53. The first-order valence-electron chi connectivity index (χ1n) is 7.99. The first-order valence-corrected chi connectivity index (χ1v) is 9.35. The minimum Gasteiger partial charge on any atom is -0.497 e. The molecular weight excluding hydrogens is 413 g/mol. The number of ether oxygens (including phenoxy) is 2. The van der Waals surface area contributed by atoms with E-state index >= 15 is 0 Å². The molecule has 4 nitrogen and oxygen atoms in total. The van der Waals surface area contributed by atoms with Crippen LogP contribution in [-0.2, 0) is 11.9 Å². The maximum Gasteiger partial charge on any atom is 0.433 e. The summed E-state index contributed by atoms with van der Waals surface area (Å²) in [5.74, 6) is 0.972. The standard InChI is InChI=1S/C19H14ClF3N2O2S/c1-26-14-6-3-7-15(9-14)27-17-10-16(19(21,22)23)24-18(25-17)28-11-12-4-2-5-13(20)8-12/h2-10H,11H2,1H3. The quantitative estimate of drug-likeness (QED) is 0.344. The lowest BCUT2D eigenvalue weighted by Crippen LogP contribution is -2.10. The Morgan fingerprint density at radius 2 is 1.75 bits per heavy atom. The van der Waals surface area contributed by atoms with Crippen LogP contribution in [-0.4, -0.2) is 17.1 Å². The zero-order chi connectivity index (χ0) is 20.1. The van der Waals surface area contributed by atoms with Crippen molar-refractivity contribution in [1.82, 2.24) is 9.97 Å². The molecule has 3 aromatic rings. The SMILES string of the molecule is COc1cccc(Oc2cc(C(F)(F)F)nc(SCc3cccc(Cl)c3)n2)c1. The van der Waals surface area contributed by atoms with Gasteiger partial charge in [0.25, 0.3) is 0 Å². The molecule has 146 valence electrons. The Morgan fingerprint density at radius 1 is 1.00 bits per heavy atom. The predicted molar refractivity (Wildman–Crippen MR) is 101 cm³/mol. The van der Waals surface area contributed by atoms with Gasteiger partial charge in [-0.2, -0.15) is 18.2 Å². The maximum atomic E-state index is 13.2. The van der Waals surface area contributed by atoms with Crippen LogP contribution in [0, 0.1) is 0 Å². The van der Waals surface area contributed by atoms with Crippen LogP contribution in [0.5, 0.6) is 17.4 Å². The number of benzene rings is 2. The Kier molecular flexibility index (Phi) is 6.31. The summed E-state index contributed by atoms with van der Waals surface area (Å²) < 4.78 is 50.3. The van der Waals surface area contributed by atoms with Gasteiger partial charge in [0.1, 0.15) is 11.5 Å².